The third-order valence-corrected chi connectivity index (χ3v) is 3.25. The maximum Gasteiger partial charge on any atom is 0.265 e. The number of anilines is 1. The van der Waals surface area contributed by atoms with Crippen LogP contribution in [0.1, 0.15) is 16.6 Å². The molecule has 0 atom stereocenters. The Balaban J connectivity index is 2.19. The Morgan fingerprint density at radius 2 is 2.17 bits per heavy atom. The Kier molecular flexibility index (Phi) is 3.57. The number of thiophene rings is 1. The maximum atomic E-state index is 12.8. The summed E-state index contributed by atoms with van der Waals surface area (Å²) >= 11 is 0.781. The number of aromatic nitrogens is 1. The van der Waals surface area contributed by atoms with Crippen LogP contribution < -0.4 is 10.9 Å². The smallest absolute Gasteiger partial charge is 0.265 e. The van der Waals surface area contributed by atoms with E-state index in [1.54, 1.807) is 6.20 Å². The molecule has 4 nitrogen and oxygen atoms in total. The van der Waals surface area contributed by atoms with Gasteiger partial charge in [0.05, 0.1) is 10.6 Å². The molecule has 0 aliphatic carbocycles. The minimum atomic E-state index is -0.404. The van der Waals surface area contributed by atoms with E-state index in [2.05, 4.69) is 5.32 Å². The Bertz CT molecular complexity index is 633. The Morgan fingerprint density at radius 1 is 1.39 bits per heavy atom. The van der Waals surface area contributed by atoms with Crippen molar-refractivity contribution in [1.29, 1.82) is 0 Å². The molecule has 1 amide bonds. The molecule has 18 heavy (non-hydrogen) atoms. The SMILES string of the molecule is CCn1cc(NC(=O)c2ccc(F)s2)ccc1=O. The minimum Gasteiger partial charge on any atom is -0.320 e. The van der Waals surface area contributed by atoms with Gasteiger partial charge in [0.2, 0.25) is 0 Å². The molecule has 2 heterocycles. The molecule has 2 aromatic heterocycles. The number of hydrogen-bond acceptors (Lipinski definition) is 3. The topological polar surface area (TPSA) is 51.1 Å². The standard InChI is InChI=1S/C12H11FN2O2S/c1-2-15-7-8(3-6-11(15)16)14-12(17)9-4-5-10(13)18-9/h3-7H,2H2,1H3,(H,14,17). The van der Waals surface area contributed by atoms with Crippen molar-refractivity contribution >= 4 is 22.9 Å². The highest BCUT2D eigenvalue weighted by molar-refractivity contribution is 7.12. The van der Waals surface area contributed by atoms with Gasteiger partial charge in [-0.1, -0.05) is 0 Å². The lowest BCUT2D eigenvalue weighted by atomic mass is 10.3. The van der Waals surface area contributed by atoms with Crippen molar-refractivity contribution in [3.63, 3.8) is 0 Å². The zero-order valence-electron chi connectivity index (χ0n) is 9.64. The van der Waals surface area contributed by atoms with Crippen molar-refractivity contribution in [2.24, 2.45) is 0 Å². The predicted octanol–water partition coefficient (Wildman–Crippen LogP) is 2.32. The van der Waals surface area contributed by atoms with Gasteiger partial charge in [-0.15, -0.1) is 11.3 Å². The summed E-state index contributed by atoms with van der Waals surface area (Å²) in [5.74, 6) is -0.384. The second-order valence-electron chi connectivity index (χ2n) is 3.60. The molecule has 0 bridgehead atoms. The van der Waals surface area contributed by atoms with E-state index in [9.17, 15) is 14.0 Å². The summed E-state index contributed by atoms with van der Waals surface area (Å²) < 4.78 is 14.3. The average Bonchev–Trinajstić information content (AvgIpc) is 2.78. The second kappa shape index (κ2) is 5.14. The predicted molar refractivity (Wildman–Crippen MR) is 68.6 cm³/mol. The monoisotopic (exact) mass is 266 g/mol. The Morgan fingerprint density at radius 3 is 2.78 bits per heavy atom. The number of amides is 1. The van der Waals surface area contributed by atoms with Crippen molar-refractivity contribution < 1.29 is 9.18 Å². The quantitative estimate of drug-likeness (QED) is 0.927. The molecule has 94 valence electrons. The summed E-state index contributed by atoms with van der Waals surface area (Å²) in [7, 11) is 0. The number of carbonyl (C=O) groups excluding carboxylic acids is 1. The molecule has 0 spiro atoms. The van der Waals surface area contributed by atoms with Crippen LogP contribution in [0.15, 0.2) is 35.3 Å². The normalized spacial score (nSPS) is 10.3. The van der Waals surface area contributed by atoms with Crippen LogP contribution in [-0.4, -0.2) is 10.5 Å². The molecule has 0 saturated heterocycles. The first-order valence-corrected chi connectivity index (χ1v) is 6.19. The Labute approximate surface area is 107 Å². The van der Waals surface area contributed by atoms with Crippen LogP contribution in [0.3, 0.4) is 0 Å². The number of aryl methyl sites for hydroxylation is 1. The maximum absolute atomic E-state index is 12.8. The van der Waals surface area contributed by atoms with Crippen LogP contribution in [0.5, 0.6) is 0 Å². The molecule has 0 fully saturated rings. The lowest BCUT2D eigenvalue weighted by molar-refractivity contribution is 0.103. The summed E-state index contributed by atoms with van der Waals surface area (Å²) in [6.45, 7) is 2.36. The molecule has 2 aromatic rings. The molecule has 6 heteroatoms. The third kappa shape index (κ3) is 2.65. The largest absolute Gasteiger partial charge is 0.320 e. The first-order valence-electron chi connectivity index (χ1n) is 5.37. The molecule has 0 aliphatic rings. The van der Waals surface area contributed by atoms with Crippen molar-refractivity contribution in [1.82, 2.24) is 4.57 Å². The second-order valence-corrected chi connectivity index (χ2v) is 4.63. The highest BCUT2D eigenvalue weighted by atomic mass is 32.1. The molecular formula is C12H11FN2O2S. The van der Waals surface area contributed by atoms with Crippen LogP contribution in [0.4, 0.5) is 10.1 Å². The number of halogens is 1. The molecule has 1 N–H and O–H groups in total. The number of nitrogens with one attached hydrogen (secondary N) is 1. The Hall–Kier alpha value is -1.95. The van der Waals surface area contributed by atoms with E-state index >= 15 is 0 Å². The fraction of sp³-hybridized carbons (Fsp3) is 0.167. The fourth-order valence-electron chi connectivity index (χ4n) is 1.48. The molecule has 0 saturated carbocycles. The zero-order valence-corrected chi connectivity index (χ0v) is 10.5. The molecule has 2 rings (SSSR count). The van der Waals surface area contributed by atoms with E-state index in [4.69, 9.17) is 0 Å². The van der Waals surface area contributed by atoms with Gasteiger partial charge in [-0.25, -0.2) is 0 Å². The van der Waals surface area contributed by atoms with Gasteiger partial charge in [0.25, 0.3) is 11.5 Å². The van der Waals surface area contributed by atoms with Gasteiger partial charge >= 0.3 is 0 Å². The zero-order chi connectivity index (χ0) is 13.1. The summed E-state index contributed by atoms with van der Waals surface area (Å²) in [4.78, 5) is 23.4. The number of carbonyl (C=O) groups is 1. The average molecular weight is 266 g/mol. The van der Waals surface area contributed by atoms with Crippen LogP contribution in [0.25, 0.3) is 0 Å². The highest BCUT2D eigenvalue weighted by Crippen LogP contribution is 2.16. The first kappa shape index (κ1) is 12.5. The van der Waals surface area contributed by atoms with Crippen LogP contribution in [0, 0.1) is 5.13 Å². The van der Waals surface area contributed by atoms with Crippen LogP contribution in [-0.2, 0) is 6.54 Å². The minimum absolute atomic E-state index is 0.127. The number of rotatable bonds is 3. The van der Waals surface area contributed by atoms with Gasteiger partial charge in [0.15, 0.2) is 5.13 Å². The van der Waals surface area contributed by atoms with Gasteiger partial charge in [0, 0.05) is 18.8 Å². The molecule has 0 unspecified atom stereocenters. The van der Waals surface area contributed by atoms with Crippen LogP contribution in [0.2, 0.25) is 0 Å². The number of pyridine rings is 1. The lowest BCUT2D eigenvalue weighted by Crippen LogP contribution is -2.19. The third-order valence-electron chi connectivity index (χ3n) is 2.38. The van der Waals surface area contributed by atoms with E-state index < -0.39 is 5.13 Å². The molecule has 0 aliphatic heterocycles. The van der Waals surface area contributed by atoms with Crippen molar-refractivity contribution in [3.05, 3.63) is 50.8 Å². The van der Waals surface area contributed by atoms with Gasteiger partial charge in [-0.05, 0) is 25.1 Å². The molecular weight excluding hydrogens is 255 g/mol. The summed E-state index contributed by atoms with van der Waals surface area (Å²) in [6, 6.07) is 5.57. The lowest BCUT2D eigenvalue weighted by Gasteiger charge is -2.06. The number of hydrogen-bond donors (Lipinski definition) is 1. The number of nitrogens with zero attached hydrogens (tertiary/aromatic N) is 1. The van der Waals surface area contributed by atoms with E-state index in [0.29, 0.717) is 17.1 Å². The molecule has 0 aromatic carbocycles. The highest BCUT2D eigenvalue weighted by Gasteiger charge is 2.09. The first-order chi connectivity index (χ1) is 8.60. The summed E-state index contributed by atoms with van der Waals surface area (Å²) in [6.07, 6.45) is 1.56. The van der Waals surface area contributed by atoms with Gasteiger partial charge < -0.3 is 9.88 Å². The van der Waals surface area contributed by atoms with Gasteiger partial charge in [-0.3, -0.25) is 9.59 Å². The van der Waals surface area contributed by atoms with Gasteiger partial charge in [0.1, 0.15) is 0 Å². The van der Waals surface area contributed by atoms with Crippen molar-refractivity contribution in [3.8, 4) is 0 Å². The fourth-order valence-corrected chi connectivity index (χ4v) is 2.11. The summed E-state index contributed by atoms with van der Waals surface area (Å²) in [5, 5.41) is 2.21. The van der Waals surface area contributed by atoms with E-state index in [1.165, 1.54) is 28.8 Å². The van der Waals surface area contributed by atoms with E-state index in [-0.39, 0.29) is 11.5 Å². The van der Waals surface area contributed by atoms with Gasteiger partial charge in [-0.2, -0.15) is 4.39 Å². The van der Waals surface area contributed by atoms with E-state index in [0.717, 1.165) is 11.3 Å². The summed E-state index contributed by atoms with van der Waals surface area (Å²) in [5.41, 5.74) is 0.382. The van der Waals surface area contributed by atoms with E-state index in [1.807, 2.05) is 6.92 Å². The van der Waals surface area contributed by atoms with Crippen LogP contribution >= 0.6 is 11.3 Å². The van der Waals surface area contributed by atoms with Crippen molar-refractivity contribution in [2.75, 3.05) is 5.32 Å². The molecule has 0 radical (unpaired) electrons. The van der Waals surface area contributed by atoms with Crippen molar-refractivity contribution in [2.45, 2.75) is 13.5 Å².